The molecule has 1 aromatic carbocycles. The van der Waals surface area contributed by atoms with Crippen molar-refractivity contribution in [2.45, 2.75) is 19.4 Å². The Morgan fingerprint density at radius 3 is 2.75 bits per heavy atom. The molecule has 106 valence electrons. The molecule has 0 aliphatic heterocycles. The summed E-state index contributed by atoms with van der Waals surface area (Å²) in [5.74, 6) is -0.579. The number of carbonyl (C=O) groups excluding carboxylic acids is 1. The first-order valence-corrected chi connectivity index (χ1v) is 5.97. The summed E-state index contributed by atoms with van der Waals surface area (Å²) in [7, 11) is 0. The molecule has 0 unspecified atom stereocenters. The average molecular weight is 275 g/mol. The van der Waals surface area contributed by atoms with Gasteiger partial charge in [-0.1, -0.05) is 6.07 Å². The van der Waals surface area contributed by atoms with Gasteiger partial charge in [0.15, 0.2) is 0 Å². The van der Waals surface area contributed by atoms with Crippen LogP contribution in [0.1, 0.15) is 13.8 Å². The van der Waals surface area contributed by atoms with Crippen molar-refractivity contribution in [3.63, 3.8) is 0 Å². The molecule has 0 aliphatic carbocycles. The van der Waals surface area contributed by atoms with Crippen LogP contribution >= 0.6 is 0 Å². The minimum atomic E-state index is -0.632. The first-order chi connectivity index (χ1) is 9.38. The maximum atomic E-state index is 11.9. The second-order valence-corrected chi connectivity index (χ2v) is 4.86. The summed E-state index contributed by atoms with van der Waals surface area (Å²) in [5, 5.41) is 32.6. The number of amides is 1. The number of aliphatic hydroxyl groups excluding tert-OH is 1. The second kappa shape index (κ2) is 6.59. The van der Waals surface area contributed by atoms with Crippen LogP contribution < -0.4 is 10.6 Å². The van der Waals surface area contributed by atoms with Gasteiger partial charge in [0.1, 0.15) is 17.4 Å². The molecule has 0 spiro atoms. The molecule has 6 nitrogen and oxygen atoms in total. The molecule has 0 atom stereocenters. The monoisotopic (exact) mass is 275 g/mol. The van der Waals surface area contributed by atoms with Gasteiger partial charge in [-0.05, 0) is 26.0 Å². The zero-order valence-electron chi connectivity index (χ0n) is 11.3. The third kappa shape index (κ3) is 4.63. The fraction of sp³-hybridized carbons (Fsp3) is 0.286. The Bertz CT molecular complexity index is 559. The topological polar surface area (TPSA) is 105 Å². The molecule has 1 rings (SSSR count). The maximum absolute atomic E-state index is 11.9. The highest BCUT2D eigenvalue weighted by atomic mass is 16.3. The average Bonchev–Trinajstić information content (AvgIpc) is 2.39. The summed E-state index contributed by atoms with van der Waals surface area (Å²) >= 11 is 0. The number of aliphatic hydroxyl groups is 1. The summed E-state index contributed by atoms with van der Waals surface area (Å²) in [6.07, 6.45) is 1.26. The van der Waals surface area contributed by atoms with E-state index >= 15 is 0 Å². The van der Waals surface area contributed by atoms with E-state index in [1.165, 1.54) is 18.3 Å². The zero-order chi connectivity index (χ0) is 15.2. The van der Waals surface area contributed by atoms with Crippen molar-refractivity contribution in [2.75, 3.05) is 11.9 Å². The highest BCUT2D eigenvalue weighted by Crippen LogP contribution is 2.16. The van der Waals surface area contributed by atoms with Gasteiger partial charge >= 0.3 is 0 Å². The van der Waals surface area contributed by atoms with Crippen LogP contribution in [-0.4, -0.2) is 28.3 Å². The molecule has 0 saturated heterocycles. The largest absolute Gasteiger partial charge is 0.508 e. The number of benzene rings is 1. The Morgan fingerprint density at radius 2 is 2.20 bits per heavy atom. The third-order valence-electron chi connectivity index (χ3n) is 2.47. The number of nitrogens with zero attached hydrogens (tertiary/aromatic N) is 1. The summed E-state index contributed by atoms with van der Waals surface area (Å²) < 4.78 is 0. The third-order valence-corrected chi connectivity index (χ3v) is 2.47. The molecular formula is C14H17N3O3. The van der Waals surface area contributed by atoms with E-state index in [1.807, 2.05) is 0 Å². The van der Waals surface area contributed by atoms with E-state index in [9.17, 15) is 9.90 Å². The number of nitriles is 1. The Hall–Kier alpha value is -2.52. The van der Waals surface area contributed by atoms with Crippen molar-refractivity contribution in [2.24, 2.45) is 0 Å². The van der Waals surface area contributed by atoms with Crippen LogP contribution in [0.2, 0.25) is 0 Å². The molecular weight excluding hydrogens is 258 g/mol. The minimum Gasteiger partial charge on any atom is -0.508 e. The Morgan fingerprint density at radius 1 is 1.50 bits per heavy atom. The SMILES string of the molecule is CC(C)(CO)N/C=C(/C#N)C(=O)Nc1cccc(O)c1. The molecule has 0 aromatic heterocycles. The zero-order valence-corrected chi connectivity index (χ0v) is 11.3. The number of carbonyl (C=O) groups is 1. The Kier molecular flexibility index (Phi) is 5.12. The molecule has 4 N–H and O–H groups in total. The van der Waals surface area contributed by atoms with E-state index in [-0.39, 0.29) is 17.9 Å². The van der Waals surface area contributed by atoms with Gasteiger partial charge in [0, 0.05) is 18.0 Å². The van der Waals surface area contributed by atoms with Gasteiger partial charge in [-0.15, -0.1) is 0 Å². The molecule has 20 heavy (non-hydrogen) atoms. The molecule has 1 aromatic rings. The van der Waals surface area contributed by atoms with Crippen LogP contribution in [-0.2, 0) is 4.79 Å². The molecule has 0 saturated carbocycles. The number of hydrogen-bond donors (Lipinski definition) is 4. The summed E-state index contributed by atoms with van der Waals surface area (Å²) in [5.41, 5.74) is -0.375. The first kappa shape index (κ1) is 15.5. The lowest BCUT2D eigenvalue weighted by Crippen LogP contribution is -2.39. The molecule has 0 heterocycles. The van der Waals surface area contributed by atoms with Gasteiger partial charge in [-0.2, -0.15) is 5.26 Å². The highest BCUT2D eigenvalue weighted by molar-refractivity contribution is 6.06. The number of phenolic OH excluding ortho intramolecular Hbond substituents is 1. The van der Waals surface area contributed by atoms with E-state index in [2.05, 4.69) is 10.6 Å². The standard InChI is InChI=1S/C14H17N3O3/c1-14(2,9-18)16-8-10(7-15)13(20)17-11-4-3-5-12(19)6-11/h3-6,8,16,18-19H,9H2,1-2H3,(H,17,20)/b10-8-. The first-order valence-electron chi connectivity index (χ1n) is 5.97. The van der Waals surface area contributed by atoms with Crippen LogP contribution in [0.4, 0.5) is 5.69 Å². The smallest absolute Gasteiger partial charge is 0.267 e. The quantitative estimate of drug-likeness (QED) is 0.475. The highest BCUT2D eigenvalue weighted by Gasteiger charge is 2.16. The summed E-state index contributed by atoms with van der Waals surface area (Å²) in [6.45, 7) is 3.31. The van der Waals surface area contributed by atoms with Crippen LogP contribution in [0.25, 0.3) is 0 Å². The fourth-order valence-electron chi connectivity index (χ4n) is 1.24. The Labute approximate surface area is 117 Å². The van der Waals surface area contributed by atoms with Gasteiger partial charge < -0.3 is 20.8 Å². The molecule has 0 fully saturated rings. The van der Waals surface area contributed by atoms with Crippen LogP contribution in [0.15, 0.2) is 36.0 Å². The van der Waals surface area contributed by atoms with E-state index < -0.39 is 11.4 Å². The number of nitrogens with one attached hydrogen (secondary N) is 2. The number of hydrogen-bond acceptors (Lipinski definition) is 5. The van der Waals surface area contributed by atoms with Crippen LogP contribution in [0.3, 0.4) is 0 Å². The lowest BCUT2D eigenvalue weighted by molar-refractivity contribution is -0.112. The lowest BCUT2D eigenvalue weighted by atomic mass is 10.1. The molecule has 0 radical (unpaired) electrons. The van der Waals surface area contributed by atoms with Gasteiger partial charge in [0.25, 0.3) is 5.91 Å². The molecule has 0 bridgehead atoms. The van der Waals surface area contributed by atoms with Crippen molar-refractivity contribution in [1.82, 2.24) is 5.32 Å². The molecule has 6 heteroatoms. The molecule has 0 aliphatic rings. The van der Waals surface area contributed by atoms with Crippen LogP contribution in [0.5, 0.6) is 5.75 Å². The van der Waals surface area contributed by atoms with Gasteiger partial charge in [-0.25, -0.2) is 0 Å². The van der Waals surface area contributed by atoms with Crippen molar-refractivity contribution < 1.29 is 15.0 Å². The van der Waals surface area contributed by atoms with Gasteiger partial charge in [-0.3, -0.25) is 4.79 Å². The van der Waals surface area contributed by atoms with E-state index in [0.717, 1.165) is 0 Å². The second-order valence-electron chi connectivity index (χ2n) is 4.86. The van der Waals surface area contributed by atoms with Crippen molar-refractivity contribution >= 4 is 11.6 Å². The van der Waals surface area contributed by atoms with Crippen molar-refractivity contribution in [3.8, 4) is 11.8 Å². The maximum Gasteiger partial charge on any atom is 0.267 e. The summed E-state index contributed by atoms with van der Waals surface area (Å²) in [4.78, 5) is 11.9. The number of rotatable bonds is 5. The Balaban J connectivity index is 2.78. The lowest BCUT2D eigenvalue weighted by Gasteiger charge is -2.22. The predicted octanol–water partition coefficient (Wildman–Crippen LogP) is 1.10. The van der Waals surface area contributed by atoms with E-state index in [1.54, 1.807) is 32.0 Å². The van der Waals surface area contributed by atoms with Crippen LogP contribution in [0, 0.1) is 11.3 Å². The number of anilines is 1. The minimum absolute atomic E-state index is 0.0184. The molecule has 1 amide bonds. The van der Waals surface area contributed by atoms with E-state index in [0.29, 0.717) is 5.69 Å². The normalized spacial score (nSPS) is 11.6. The predicted molar refractivity (Wildman–Crippen MR) is 74.7 cm³/mol. The van der Waals surface area contributed by atoms with Gasteiger partial charge in [0.05, 0.1) is 12.1 Å². The number of aromatic hydroxyl groups is 1. The summed E-state index contributed by atoms with van der Waals surface area (Å²) in [6, 6.07) is 7.80. The van der Waals surface area contributed by atoms with Crippen molar-refractivity contribution in [3.05, 3.63) is 36.0 Å². The van der Waals surface area contributed by atoms with Gasteiger partial charge in [0.2, 0.25) is 0 Å². The fourth-order valence-corrected chi connectivity index (χ4v) is 1.24. The van der Waals surface area contributed by atoms with E-state index in [4.69, 9.17) is 10.4 Å². The number of phenols is 1. The van der Waals surface area contributed by atoms with Crippen molar-refractivity contribution in [1.29, 1.82) is 5.26 Å².